The number of aliphatic hydroxyl groups is 1. The fraction of sp³-hybridized carbons (Fsp3) is 0.143. The predicted octanol–water partition coefficient (Wildman–Crippen LogP) is 4.47. The van der Waals surface area contributed by atoms with Gasteiger partial charge in [-0.15, -0.1) is 5.92 Å². The van der Waals surface area contributed by atoms with E-state index < -0.39 is 5.60 Å². The van der Waals surface area contributed by atoms with E-state index in [9.17, 15) is 5.11 Å². The fourth-order valence-corrected chi connectivity index (χ4v) is 3.44. The summed E-state index contributed by atoms with van der Waals surface area (Å²) in [5.41, 5.74) is 3.15. The largest absolute Gasteiger partial charge is 0.379 e. The molecule has 0 saturated carbocycles. The van der Waals surface area contributed by atoms with Crippen LogP contribution in [0.5, 0.6) is 0 Å². The molecule has 1 heteroatoms. The topological polar surface area (TPSA) is 20.2 Å². The first-order chi connectivity index (χ1) is 10.7. The van der Waals surface area contributed by atoms with Crippen LogP contribution in [0.3, 0.4) is 0 Å². The van der Waals surface area contributed by atoms with E-state index in [1.54, 1.807) is 0 Å². The third-order valence-electron chi connectivity index (χ3n) is 4.52. The van der Waals surface area contributed by atoms with Gasteiger partial charge in [-0.25, -0.2) is 0 Å². The molecule has 0 saturated heterocycles. The summed E-state index contributed by atoms with van der Waals surface area (Å²) in [6.45, 7) is 1.81. The van der Waals surface area contributed by atoms with Crippen molar-refractivity contribution in [1.82, 2.24) is 0 Å². The first-order valence-electron chi connectivity index (χ1n) is 7.49. The van der Waals surface area contributed by atoms with Crippen LogP contribution in [0.1, 0.15) is 24.5 Å². The maximum atomic E-state index is 11.4. The minimum atomic E-state index is -1.01. The Morgan fingerprint density at radius 1 is 0.864 bits per heavy atom. The van der Waals surface area contributed by atoms with Gasteiger partial charge in [-0.3, -0.25) is 0 Å². The molecule has 1 aliphatic rings. The Balaban J connectivity index is 2.07. The van der Waals surface area contributed by atoms with Crippen LogP contribution >= 0.6 is 0 Å². The number of rotatable bonds is 1. The Morgan fingerprint density at radius 2 is 1.55 bits per heavy atom. The van der Waals surface area contributed by atoms with Crippen LogP contribution in [-0.2, 0) is 5.60 Å². The highest BCUT2D eigenvalue weighted by atomic mass is 16.3. The minimum Gasteiger partial charge on any atom is -0.379 e. The standard InChI is InChI=1S/C21H16O/c1-2-3-12-21(22)19-11-7-6-10-17(19)18-13-15-8-4-5-9-16(15)14-20(18)21/h4-11,13-14,22H,12H2,1H3. The molecular weight excluding hydrogens is 268 g/mol. The van der Waals surface area contributed by atoms with Gasteiger partial charge >= 0.3 is 0 Å². The van der Waals surface area contributed by atoms with Gasteiger partial charge in [-0.2, -0.15) is 0 Å². The first-order valence-corrected chi connectivity index (χ1v) is 7.49. The number of benzene rings is 3. The Labute approximate surface area is 130 Å². The van der Waals surface area contributed by atoms with E-state index in [-0.39, 0.29) is 0 Å². The van der Waals surface area contributed by atoms with Gasteiger partial charge in [0.05, 0.1) is 0 Å². The molecule has 0 radical (unpaired) electrons. The van der Waals surface area contributed by atoms with E-state index in [1.165, 1.54) is 5.39 Å². The summed E-state index contributed by atoms with van der Waals surface area (Å²) in [7, 11) is 0. The van der Waals surface area contributed by atoms with Gasteiger partial charge in [-0.1, -0.05) is 54.5 Å². The van der Waals surface area contributed by atoms with E-state index in [2.05, 4.69) is 42.2 Å². The lowest BCUT2D eigenvalue weighted by Gasteiger charge is -2.23. The Bertz CT molecular complexity index is 943. The van der Waals surface area contributed by atoms with Crippen molar-refractivity contribution in [3.05, 3.63) is 71.8 Å². The molecule has 1 N–H and O–H groups in total. The van der Waals surface area contributed by atoms with Crippen molar-refractivity contribution in [3.8, 4) is 23.0 Å². The molecule has 0 heterocycles. The molecule has 1 atom stereocenters. The first kappa shape index (κ1) is 13.1. The third-order valence-corrected chi connectivity index (χ3v) is 4.52. The summed E-state index contributed by atoms with van der Waals surface area (Å²) in [6, 6.07) is 20.7. The Morgan fingerprint density at radius 3 is 2.32 bits per heavy atom. The van der Waals surface area contributed by atoms with Crippen LogP contribution in [0.15, 0.2) is 60.7 Å². The zero-order valence-corrected chi connectivity index (χ0v) is 12.4. The lowest BCUT2D eigenvalue weighted by molar-refractivity contribution is 0.0915. The van der Waals surface area contributed by atoms with Gasteiger partial charge in [0.1, 0.15) is 5.60 Å². The van der Waals surface area contributed by atoms with Gasteiger partial charge in [-0.05, 0) is 52.1 Å². The monoisotopic (exact) mass is 284 g/mol. The minimum absolute atomic E-state index is 0.422. The lowest BCUT2D eigenvalue weighted by atomic mass is 9.87. The van der Waals surface area contributed by atoms with E-state index in [1.807, 2.05) is 37.3 Å². The van der Waals surface area contributed by atoms with Crippen molar-refractivity contribution in [2.75, 3.05) is 0 Å². The molecule has 0 aliphatic heterocycles. The van der Waals surface area contributed by atoms with E-state index >= 15 is 0 Å². The molecule has 0 spiro atoms. The lowest BCUT2D eigenvalue weighted by Crippen LogP contribution is -2.23. The van der Waals surface area contributed by atoms with Crippen molar-refractivity contribution < 1.29 is 5.11 Å². The SMILES string of the molecule is CC#CCC1(O)c2ccccc2-c2cc3ccccc3cc21. The van der Waals surface area contributed by atoms with Crippen molar-refractivity contribution in [1.29, 1.82) is 0 Å². The third kappa shape index (κ3) is 1.71. The normalized spacial score (nSPS) is 18.5. The quantitative estimate of drug-likeness (QED) is 0.654. The molecule has 22 heavy (non-hydrogen) atoms. The fourth-order valence-electron chi connectivity index (χ4n) is 3.44. The van der Waals surface area contributed by atoms with Crippen molar-refractivity contribution in [3.63, 3.8) is 0 Å². The molecule has 0 fully saturated rings. The van der Waals surface area contributed by atoms with Crippen LogP contribution < -0.4 is 0 Å². The predicted molar refractivity (Wildman–Crippen MR) is 90.4 cm³/mol. The molecule has 3 aromatic rings. The average Bonchev–Trinajstić information content (AvgIpc) is 2.81. The maximum Gasteiger partial charge on any atom is 0.127 e. The molecule has 1 aliphatic carbocycles. The summed E-state index contributed by atoms with van der Waals surface area (Å²) in [4.78, 5) is 0. The highest BCUT2D eigenvalue weighted by molar-refractivity contribution is 5.93. The molecular formula is C21H16O. The van der Waals surface area contributed by atoms with E-state index in [0.29, 0.717) is 6.42 Å². The Kier molecular flexibility index (Phi) is 2.82. The van der Waals surface area contributed by atoms with Crippen molar-refractivity contribution in [2.45, 2.75) is 18.9 Å². The molecule has 0 aromatic heterocycles. The zero-order valence-electron chi connectivity index (χ0n) is 12.4. The average molecular weight is 284 g/mol. The van der Waals surface area contributed by atoms with Crippen LogP contribution in [0.2, 0.25) is 0 Å². The zero-order chi connectivity index (χ0) is 15.2. The van der Waals surface area contributed by atoms with Gasteiger partial charge in [0.2, 0.25) is 0 Å². The molecule has 106 valence electrons. The van der Waals surface area contributed by atoms with Crippen LogP contribution in [0, 0.1) is 11.8 Å². The summed E-state index contributed by atoms with van der Waals surface area (Å²) in [5.74, 6) is 5.97. The van der Waals surface area contributed by atoms with E-state index in [4.69, 9.17) is 0 Å². The smallest absolute Gasteiger partial charge is 0.127 e. The molecule has 3 aromatic carbocycles. The molecule has 1 unspecified atom stereocenters. The second kappa shape index (κ2) is 4.73. The van der Waals surface area contributed by atoms with E-state index in [0.717, 1.165) is 27.6 Å². The molecule has 1 nitrogen and oxygen atoms in total. The van der Waals surface area contributed by atoms with Crippen LogP contribution in [0.4, 0.5) is 0 Å². The summed E-state index contributed by atoms with van der Waals surface area (Å²) in [6.07, 6.45) is 0.422. The maximum absolute atomic E-state index is 11.4. The number of hydrogen-bond donors (Lipinski definition) is 1. The highest BCUT2D eigenvalue weighted by Crippen LogP contribution is 2.50. The molecule has 0 amide bonds. The summed E-state index contributed by atoms with van der Waals surface area (Å²) < 4.78 is 0. The number of hydrogen-bond acceptors (Lipinski definition) is 1. The summed E-state index contributed by atoms with van der Waals surface area (Å²) in [5, 5.41) is 13.7. The van der Waals surface area contributed by atoms with Crippen molar-refractivity contribution >= 4 is 10.8 Å². The molecule has 0 bridgehead atoms. The van der Waals surface area contributed by atoms with Crippen molar-refractivity contribution in [2.24, 2.45) is 0 Å². The second-order valence-electron chi connectivity index (χ2n) is 5.75. The van der Waals surface area contributed by atoms with Gasteiger partial charge in [0.15, 0.2) is 0 Å². The number of fused-ring (bicyclic) bond motifs is 4. The second-order valence-corrected chi connectivity index (χ2v) is 5.75. The van der Waals surface area contributed by atoms with Crippen LogP contribution in [0.25, 0.3) is 21.9 Å². The van der Waals surface area contributed by atoms with Gasteiger partial charge in [0.25, 0.3) is 0 Å². The summed E-state index contributed by atoms with van der Waals surface area (Å²) >= 11 is 0. The Hall–Kier alpha value is -2.56. The molecule has 4 rings (SSSR count). The highest BCUT2D eigenvalue weighted by Gasteiger charge is 2.40. The van der Waals surface area contributed by atoms with Gasteiger partial charge in [0, 0.05) is 6.42 Å². The van der Waals surface area contributed by atoms with Crippen LogP contribution in [-0.4, -0.2) is 5.11 Å². The van der Waals surface area contributed by atoms with Gasteiger partial charge < -0.3 is 5.11 Å².